The largest absolute Gasteiger partial charge is 0.459 e. The summed E-state index contributed by atoms with van der Waals surface area (Å²) >= 11 is 0. The first-order valence-electron chi connectivity index (χ1n) is 7.75. The van der Waals surface area contributed by atoms with E-state index in [1.807, 2.05) is 0 Å². The fourth-order valence-electron chi connectivity index (χ4n) is 2.84. The zero-order valence-corrected chi connectivity index (χ0v) is 13.1. The Labute approximate surface area is 117 Å². The molecule has 1 rings (SSSR count). The summed E-state index contributed by atoms with van der Waals surface area (Å²) in [7, 11) is 0. The van der Waals surface area contributed by atoms with Crippen LogP contribution in [0.2, 0.25) is 0 Å². The smallest absolute Gasteiger partial charge is 0.307 e. The Morgan fingerprint density at radius 3 is 2.37 bits per heavy atom. The van der Waals surface area contributed by atoms with Gasteiger partial charge < -0.3 is 15.0 Å². The van der Waals surface area contributed by atoms with Gasteiger partial charge in [0, 0.05) is 25.3 Å². The SMILES string of the molecule is CCN(CC)CCC(=O)OC(C)(C)C1CC[NH2+]CC1. The monoisotopic (exact) mass is 271 g/mol. The van der Waals surface area contributed by atoms with Crippen LogP contribution in [0.25, 0.3) is 0 Å². The molecule has 0 radical (unpaired) electrons. The van der Waals surface area contributed by atoms with E-state index in [1.165, 1.54) is 0 Å². The highest BCUT2D eigenvalue weighted by Gasteiger charge is 2.35. The number of nitrogens with two attached hydrogens (primary N) is 1. The van der Waals surface area contributed by atoms with Crippen LogP contribution in [0.15, 0.2) is 0 Å². The van der Waals surface area contributed by atoms with E-state index in [4.69, 9.17) is 4.74 Å². The predicted molar refractivity (Wildman–Crippen MR) is 77.0 cm³/mol. The fraction of sp³-hybridized carbons (Fsp3) is 0.933. The third kappa shape index (κ3) is 5.49. The predicted octanol–water partition coefficient (Wildman–Crippen LogP) is 1.01. The highest BCUT2D eigenvalue weighted by Crippen LogP contribution is 2.28. The average Bonchev–Trinajstić information content (AvgIpc) is 2.40. The lowest BCUT2D eigenvalue weighted by atomic mass is 9.83. The summed E-state index contributed by atoms with van der Waals surface area (Å²) in [6.07, 6.45) is 2.80. The molecule has 112 valence electrons. The number of hydrogen-bond acceptors (Lipinski definition) is 3. The molecule has 1 aliphatic rings. The molecule has 4 nitrogen and oxygen atoms in total. The number of hydrogen-bond donors (Lipinski definition) is 1. The van der Waals surface area contributed by atoms with E-state index in [0.29, 0.717) is 12.3 Å². The maximum absolute atomic E-state index is 12.0. The van der Waals surface area contributed by atoms with Crippen molar-refractivity contribution in [2.45, 2.75) is 52.6 Å². The molecule has 0 unspecified atom stereocenters. The van der Waals surface area contributed by atoms with Crippen LogP contribution in [0, 0.1) is 5.92 Å². The molecule has 0 bridgehead atoms. The van der Waals surface area contributed by atoms with Crippen molar-refractivity contribution in [3.05, 3.63) is 0 Å². The molecule has 19 heavy (non-hydrogen) atoms. The summed E-state index contributed by atoms with van der Waals surface area (Å²) in [4.78, 5) is 14.2. The van der Waals surface area contributed by atoms with Crippen molar-refractivity contribution in [2.24, 2.45) is 5.92 Å². The summed E-state index contributed by atoms with van der Waals surface area (Å²) in [6, 6.07) is 0. The number of rotatable bonds is 7. The van der Waals surface area contributed by atoms with Gasteiger partial charge in [-0.25, -0.2) is 0 Å². The minimum absolute atomic E-state index is 0.0496. The van der Waals surface area contributed by atoms with E-state index >= 15 is 0 Å². The lowest BCUT2D eigenvalue weighted by Crippen LogP contribution is -2.86. The molecule has 1 fully saturated rings. The zero-order chi connectivity index (χ0) is 14.3. The molecule has 0 amide bonds. The van der Waals surface area contributed by atoms with Gasteiger partial charge in [0.25, 0.3) is 0 Å². The van der Waals surface area contributed by atoms with Crippen LogP contribution in [0.3, 0.4) is 0 Å². The molecule has 0 spiro atoms. The van der Waals surface area contributed by atoms with Crippen LogP contribution in [-0.4, -0.2) is 49.2 Å². The lowest BCUT2D eigenvalue weighted by molar-refractivity contribution is -0.665. The van der Waals surface area contributed by atoms with E-state index < -0.39 is 0 Å². The molecule has 0 aliphatic carbocycles. The molecule has 0 aromatic heterocycles. The first-order chi connectivity index (χ1) is 8.99. The van der Waals surface area contributed by atoms with Crippen LogP contribution < -0.4 is 5.32 Å². The number of ether oxygens (including phenoxy) is 1. The summed E-state index contributed by atoms with van der Waals surface area (Å²) in [5, 5.41) is 2.34. The Balaban J connectivity index is 2.37. The van der Waals surface area contributed by atoms with Gasteiger partial charge in [0.15, 0.2) is 0 Å². The summed E-state index contributed by atoms with van der Waals surface area (Å²) < 4.78 is 5.74. The number of nitrogens with zero attached hydrogens (tertiary/aromatic N) is 1. The van der Waals surface area contributed by atoms with Crippen LogP contribution in [0.5, 0.6) is 0 Å². The third-order valence-electron chi connectivity index (χ3n) is 4.33. The van der Waals surface area contributed by atoms with Gasteiger partial charge in [-0.05, 0) is 26.9 Å². The van der Waals surface area contributed by atoms with Crippen LogP contribution in [0.1, 0.15) is 47.0 Å². The quantitative estimate of drug-likeness (QED) is 0.703. The first kappa shape index (κ1) is 16.4. The topological polar surface area (TPSA) is 46.2 Å². The lowest BCUT2D eigenvalue weighted by Gasteiger charge is -2.35. The van der Waals surface area contributed by atoms with Gasteiger partial charge in [-0.15, -0.1) is 0 Å². The Morgan fingerprint density at radius 1 is 1.26 bits per heavy atom. The fourth-order valence-corrected chi connectivity index (χ4v) is 2.84. The number of carbonyl (C=O) groups is 1. The van der Waals surface area contributed by atoms with E-state index in [0.717, 1.165) is 45.6 Å². The van der Waals surface area contributed by atoms with Gasteiger partial charge in [-0.3, -0.25) is 4.79 Å². The van der Waals surface area contributed by atoms with E-state index in [2.05, 4.69) is 37.9 Å². The minimum atomic E-state index is -0.311. The molecule has 4 heteroatoms. The van der Waals surface area contributed by atoms with Crippen molar-refractivity contribution >= 4 is 5.97 Å². The maximum atomic E-state index is 12.0. The third-order valence-corrected chi connectivity index (χ3v) is 4.33. The van der Waals surface area contributed by atoms with Crippen LogP contribution >= 0.6 is 0 Å². The van der Waals surface area contributed by atoms with Crippen molar-refractivity contribution in [3.63, 3.8) is 0 Å². The first-order valence-corrected chi connectivity index (χ1v) is 7.75. The van der Waals surface area contributed by atoms with Crippen molar-refractivity contribution in [2.75, 3.05) is 32.7 Å². The molecule has 1 saturated heterocycles. The van der Waals surface area contributed by atoms with Gasteiger partial charge in [0.05, 0.1) is 19.5 Å². The Hall–Kier alpha value is -0.610. The minimum Gasteiger partial charge on any atom is -0.459 e. The number of quaternary nitrogens is 1. The van der Waals surface area contributed by atoms with Gasteiger partial charge in [-0.1, -0.05) is 13.8 Å². The van der Waals surface area contributed by atoms with Gasteiger partial charge in [-0.2, -0.15) is 0 Å². The van der Waals surface area contributed by atoms with Crippen molar-refractivity contribution in [1.82, 2.24) is 4.90 Å². The zero-order valence-electron chi connectivity index (χ0n) is 13.1. The number of carbonyl (C=O) groups excluding carboxylic acids is 1. The highest BCUT2D eigenvalue weighted by atomic mass is 16.6. The van der Waals surface area contributed by atoms with Crippen LogP contribution in [0.4, 0.5) is 0 Å². The molecule has 1 aliphatic heterocycles. The summed E-state index contributed by atoms with van der Waals surface area (Å²) in [5.74, 6) is 0.460. The van der Waals surface area contributed by atoms with Crippen LogP contribution in [-0.2, 0) is 9.53 Å². The molecular weight excluding hydrogens is 240 g/mol. The molecule has 2 N–H and O–H groups in total. The van der Waals surface area contributed by atoms with Crippen molar-refractivity contribution in [3.8, 4) is 0 Å². The molecule has 0 atom stereocenters. The highest BCUT2D eigenvalue weighted by molar-refractivity contribution is 5.70. The number of esters is 1. The normalized spacial score (nSPS) is 17.7. The second-order valence-corrected chi connectivity index (χ2v) is 5.99. The molecular formula is C15H31N2O2+. The number of piperidine rings is 1. The second kappa shape index (κ2) is 7.85. The van der Waals surface area contributed by atoms with E-state index in [9.17, 15) is 4.79 Å². The molecule has 0 saturated carbocycles. The van der Waals surface area contributed by atoms with Crippen molar-refractivity contribution in [1.29, 1.82) is 0 Å². The average molecular weight is 271 g/mol. The molecule has 0 aromatic rings. The van der Waals surface area contributed by atoms with Gasteiger partial charge in [0.1, 0.15) is 5.60 Å². The Morgan fingerprint density at radius 2 is 1.84 bits per heavy atom. The van der Waals surface area contributed by atoms with Crippen molar-refractivity contribution < 1.29 is 14.8 Å². The van der Waals surface area contributed by atoms with Gasteiger partial charge in [0.2, 0.25) is 0 Å². The second-order valence-electron chi connectivity index (χ2n) is 5.99. The standard InChI is InChI=1S/C15H30N2O2/c1-5-17(6-2)12-9-14(18)19-15(3,4)13-7-10-16-11-8-13/h13,16H,5-12H2,1-4H3/p+1. The Bertz CT molecular complexity index is 269. The van der Waals surface area contributed by atoms with Gasteiger partial charge >= 0.3 is 5.97 Å². The summed E-state index contributed by atoms with van der Waals surface area (Å²) in [6.45, 7) is 13.5. The Kier molecular flexibility index (Phi) is 6.80. The van der Waals surface area contributed by atoms with E-state index in [1.54, 1.807) is 0 Å². The maximum Gasteiger partial charge on any atom is 0.307 e. The molecule has 0 aromatic carbocycles. The summed E-state index contributed by atoms with van der Waals surface area (Å²) in [5.41, 5.74) is -0.311. The van der Waals surface area contributed by atoms with E-state index in [-0.39, 0.29) is 11.6 Å². The molecule has 1 heterocycles.